The molecule has 5 heteroatoms. The third kappa shape index (κ3) is 3.25. The summed E-state index contributed by atoms with van der Waals surface area (Å²) in [6.07, 6.45) is 0. The van der Waals surface area contributed by atoms with Crippen molar-refractivity contribution in [3.63, 3.8) is 0 Å². The minimum atomic E-state index is -0.0904. The minimum Gasteiger partial charge on any atom is -0.495 e. The lowest BCUT2D eigenvalue weighted by atomic mass is 10.1. The van der Waals surface area contributed by atoms with Gasteiger partial charge in [0.25, 0.3) is 5.91 Å². The van der Waals surface area contributed by atoms with Crippen molar-refractivity contribution in [1.82, 2.24) is 4.90 Å². The zero-order valence-corrected chi connectivity index (χ0v) is 12.4. The molecule has 2 rings (SSSR count). The molecule has 3 N–H and O–H groups in total. The number of nitrogen functional groups attached to an aromatic ring is 1. The summed E-state index contributed by atoms with van der Waals surface area (Å²) >= 11 is 0. The first kappa shape index (κ1) is 14.7. The largest absolute Gasteiger partial charge is 0.495 e. The summed E-state index contributed by atoms with van der Waals surface area (Å²) in [6.45, 7) is 0. The van der Waals surface area contributed by atoms with Crippen LogP contribution in [0.25, 0.3) is 0 Å². The summed E-state index contributed by atoms with van der Waals surface area (Å²) < 4.78 is 5.31. The quantitative estimate of drug-likeness (QED) is 0.848. The van der Waals surface area contributed by atoms with E-state index in [9.17, 15) is 4.79 Å². The van der Waals surface area contributed by atoms with Gasteiger partial charge in [0, 0.05) is 19.8 Å². The second-order valence-corrected chi connectivity index (χ2v) is 4.83. The summed E-state index contributed by atoms with van der Waals surface area (Å²) in [7, 11) is 5.03. The third-order valence-corrected chi connectivity index (χ3v) is 3.06. The summed E-state index contributed by atoms with van der Waals surface area (Å²) in [6, 6.07) is 12.7. The molecule has 0 saturated heterocycles. The number of benzene rings is 2. The first-order valence-corrected chi connectivity index (χ1v) is 6.54. The topological polar surface area (TPSA) is 67.6 Å². The normalized spacial score (nSPS) is 10.0. The molecule has 0 atom stereocenters. The van der Waals surface area contributed by atoms with E-state index in [1.807, 2.05) is 24.3 Å². The van der Waals surface area contributed by atoms with Crippen LogP contribution in [0.5, 0.6) is 5.75 Å². The number of rotatable bonds is 4. The molecule has 0 fully saturated rings. The molecule has 110 valence electrons. The Hall–Kier alpha value is -2.69. The predicted octanol–water partition coefficient (Wildman–Crippen LogP) is 2.72. The van der Waals surface area contributed by atoms with E-state index in [1.54, 1.807) is 39.4 Å². The molecule has 0 saturated carbocycles. The lowest BCUT2D eigenvalue weighted by Crippen LogP contribution is -2.22. The molecule has 0 spiro atoms. The van der Waals surface area contributed by atoms with Gasteiger partial charge < -0.3 is 20.7 Å². The van der Waals surface area contributed by atoms with Gasteiger partial charge in [-0.05, 0) is 30.3 Å². The van der Waals surface area contributed by atoms with Crippen LogP contribution < -0.4 is 15.8 Å². The molecule has 0 radical (unpaired) electrons. The smallest absolute Gasteiger partial charge is 0.255 e. The Kier molecular flexibility index (Phi) is 4.33. The fraction of sp³-hybridized carbons (Fsp3) is 0.188. The molecule has 0 aromatic heterocycles. The van der Waals surface area contributed by atoms with E-state index in [4.69, 9.17) is 10.5 Å². The second kappa shape index (κ2) is 6.17. The Balaban J connectivity index is 2.43. The lowest BCUT2D eigenvalue weighted by molar-refractivity contribution is 0.0828. The molecule has 0 aliphatic carbocycles. The molecule has 0 aliphatic rings. The van der Waals surface area contributed by atoms with Crippen LogP contribution in [0, 0.1) is 0 Å². The standard InChI is InChI=1S/C16H19N3O2/c1-19(2)16(20)12-9-8-11(17)10-14(12)18-13-6-4-5-7-15(13)21-3/h4-10,18H,17H2,1-3H3. The van der Waals surface area contributed by atoms with E-state index >= 15 is 0 Å². The molecule has 5 nitrogen and oxygen atoms in total. The van der Waals surface area contributed by atoms with Crippen molar-refractivity contribution in [2.75, 3.05) is 32.3 Å². The Labute approximate surface area is 124 Å². The molecule has 2 aromatic carbocycles. The highest BCUT2D eigenvalue weighted by Crippen LogP contribution is 2.30. The number of nitrogens with one attached hydrogen (secondary N) is 1. The van der Waals surface area contributed by atoms with E-state index in [1.165, 1.54) is 4.90 Å². The molecule has 0 aliphatic heterocycles. The van der Waals surface area contributed by atoms with Crippen LogP contribution >= 0.6 is 0 Å². The van der Waals surface area contributed by atoms with Crippen LogP contribution in [-0.4, -0.2) is 32.0 Å². The summed E-state index contributed by atoms with van der Waals surface area (Å²) in [4.78, 5) is 13.8. The van der Waals surface area contributed by atoms with Gasteiger partial charge in [-0.15, -0.1) is 0 Å². The highest BCUT2D eigenvalue weighted by Gasteiger charge is 2.14. The van der Waals surface area contributed by atoms with Crippen LogP contribution in [0.2, 0.25) is 0 Å². The van der Waals surface area contributed by atoms with Gasteiger partial charge in [0.15, 0.2) is 0 Å². The summed E-state index contributed by atoms with van der Waals surface area (Å²) in [5, 5.41) is 3.22. The number of anilines is 3. The monoisotopic (exact) mass is 285 g/mol. The van der Waals surface area contributed by atoms with Gasteiger partial charge in [0.2, 0.25) is 0 Å². The van der Waals surface area contributed by atoms with Gasteiger partial charge in [0.1, 0.15) is 5.75 Å². The number of carbonyl (C=O) groups excluding carboxylic acids is 1. The Morgan fingerprint density at radius 1 is 1.14 bits per heavy atom. The molecular formula is C16H19N3O2. The number of para-hydroxylation sites is 2. The van der Waals surface area contributed by atoms with Gasteiger partial charge in [-0.2, -0.15) is 0 Å². The first-order chi connectivity index (χ1) is 10.0. The SMILES string of the molecule is COc1ccccc1Nc1cc(N)ccc1C(=O)N(C)C. The van der Waals surface area contributed by atoms with E-state index in [2.05, 4.69) is 5.32 Å². The van der Waals surface area contributed by atoms with E-state index in [0.29, 0.717) is 22.7 Å². The number of amides is 1. The number of methoxy groups -OCH3 is 1. The van der Waals surface area contributed by atoms with Crippen molar-refractivity contribution in [1.29, 1.82) is 0 Å². The number of hydrogen-bond donors (Lipinski definition) is 2. The Morgan fingerprint density at radius 2 is 1.86 bits per heavy atom. The maximum atomic E-state index is 12.2. The summed E-state index contributed by atoms with van der Waals surface area (Å²) in [5.41, 5.74) is 8.40. The van der Waals surface area contributed by atoms with Crippen molar-refractivity contribution in [3.8, 4) is 5.75 Å². The molecule has 0 unspecified atom stereocenters. The maximum absolute atomic E-state index is 12.2. The summed E-state index contributed by atoms with van der Waals surface area (Å²) in [5.74, 6) is 0.607. The predicted molar refractivity (Wildman–Crippen MR) is 85.1 cm³/mol. The molecule has 1 amide bonds. The van der Waals surface area contributed by atoms with Gasteiger partial charge in [0.05, 0.1) is 24.0 Å². The van der Waals surface area contributed by atoms with Crippen LogP contribution in [-0.2, 0) is 0 Å². The fourth-order valence-corrected chi connectivity index (χ4v) is 1.99. The van der Waals surface area contributed by atoms with Gasteiger partial charge in [-0.25, -0.2) is 0 Å². The molecule has 0 bridgehead atoms. The fourth-order valence-electron chi connectivity index (χ4n) is 1.99. The zero-order valence-electron chi connectivity index (χ0n) is 12.4. The number of nitrogens with two attached hydrogens (primary N) is 1. The molecule has 21 heavy (non-hydrogen) atoms. The zero-order chi connectivity index (χ0) is 15.4. The second-order valence-electron chi connectivity index (χ2n) is 4.83. The number of ether oxygens (including phenoxy) is 1. The average Bonchev–Trinajstić information content (AvgIpc) is 2.47. The lowest BCUT2D eigenvalue weighted by Gasteiger charge is -2.17. The van der Waals surface area contributed by atoms with Crippen molar-refractivity contribution in [2.45, 2.75) is 0 Å². The van der Waals surface area contributed by atoms with E-state index < -0.39 is 0 Å². The maximum Gasteiger partial charge on any atom is 0.255 e. The number of hydrogen-bond acceptors (Lipinski definition) is 4. The van der Waals surface area contributed by atoms with E-state index in [-0.39, 0.29) is 5.91 Å². The first-order valence-electron chi connectivity index (χ1n) is 6.54. The van der Waals surface area contributed by atoms with Gasteiger partial charge in [-0.3, -0.25) is 4.79 Å². The van der Waals surface area contributed by atoms with E-state index in [0.717, 1.165) is 5.69 Å². The molecular weight excluding hydrogens is 266 g/mol. The average molecular weight is 285 g/mol. The highest BCUT2D eigenvalue weighted by molar-refractivity contribution is 6.00. The van der Waals surface area contributed by atoms with Crippen molar-refractivity contribution in [3.05, 3.63) is 48.0 Å². The van der Waals surface area contributed by atoms with Gasteiger partial charge >= 0.3 is 0 Å². The third-order valence-electron chi connectivity index (χ3n) is 3.06. The molecule has 2 aromatic rings. The Morgan fingerprint density at radius 3 is 2.52 bits per heavy atom. The van der Waals surface area contributed by atoms with Crippen molar-refractivity contribution in [2.24, 2.45) is 0 Å². The van der Waals surface area contributed by atoms with Crippen molar-refractivity contribution < 1.29 is 9.53 Å². The van der Waals surface area contributed by atoms with Crippen LogP contribution in [0.1, 0.15) is 10.4 Å². The van der Waals surface area contributed by atoms with Gasteiger partial charge in [-0.1, -0.05) is 12.1 Å². The molecule has 0 heterocycles. The number of carbonyl (C=O) groups is 1. The van der Waals surface area contributed by atoms with Crippen LogP contribution in [0.4, 0.5) is 17.1 Å². The highest BCUT2D eigenvalue weighted by atomic mass is 16.5. The minimum absolute atomic E-state index is 0.0904. The number of nitrogens with zero attached hydrogens (tertiary/aromatic N) is 1. The van der Waals surface area contributed by atoms with Crippen molar-refractivity contribution >= 4 is 23.0 Å². The Bertz CT molecular complexity index is 654. The van der Waals surface area contributed by atoms with Crippen LogP contribution in [0.15, 0.2) is 42.5 Å². The van der Waals surface area contributed by atoms with Crippen LogP contribution in [0.3, 0.4) is 0 Å².